The highest BCUT2D eigenvalue weighted by Crippen LogP contribution is 2.32. The number of halogens is 1. The summed E-state index contributed by atoms with van der Waals surface area (Å²) in [5.41, 5.74) is 3.52. The Bertz CT molecular complexity index is 1530. The molecule has 1 aliphatic rings. The monoisotopic (exact) mass is 489 g/mol. The van der Waals surface area contributed by atoms with Crippen LogP contribution < -0.4 is 16.2 Å². The fourth-order valence-corrected chi connectivity index (χ4v) is 4.89. The molecule has 3 aromatic heterocycles. The number of fused-ring (bicyclic) bond motifs is 2. The van der Waals surface area contributed by atoms with Gasteiger partial charge in [0.2, 0.25) is 5.95 Å². The minimum atomic E-state index is -0.502. The van der Waals surface area contributed by atoms with Gasteiger partial charge in [0.15, 0.2) is 11.5 Å². The van der Waals surface area contributed by atoms with Gasteiger partial charge in [-0.15, -0.1) is 0 Å². The number of anilines is 2. The van der Waals surface area contributed by atoms with E-state index in [0.29, 0.717) is 35.0 Å². The minimum absolute atomic E-state index is 0.0642. The van der Waals surface area contributed by atoms with Gasteiger partial charge in [-0.3, -0.25) is 4.79 Å². The van der Waals surface area contributed by atoms with Crippen LogP contribution in [0, 0.1) is 5.82 Å². The summed E-state index contributed by atoms with van der Waals surface area (Å²) in [5, 5.41) is 7.14. The van der Waals surface area contributed by atoms with Gasteiger partial charge in [-0.05, 0) is 42.3 Å². The summed E-state index contributed by atoms with van der Waals surface area (Å²) in [4.78, 5) is 26.8. The highest BCUT2D eigenvalue weighted by Gasteiger charge is 2.27. The van der Waals surface area contributed by atoms with Crippen LogP contribution in [0.3, 0.4) is 0 Å². The second-order valence-electron chi connectivity index (χ2n) is 11.0. The molecule has 5 rings (SSSR count). The number of nitrogens with one attached hydrogen (secondary N) is 2. The number of hydrogen-bond donors (Lipinski definition) is 2. The molecular weight excluding hydrogens is 457 g/mol. The van der Waals surface area contributed by atoms with E-state index in [4.69, 9.17) is 4.98 Å². The smallest absolute Gasteiger partial charge is 0.278 e. The molecule has 1 aromatic carbocycles. The van der Waals surface area contributed by atoms with Crippen molar-refractivity contribution in [3.63, 3.8) is 0 Å². The van der Waals surface area contributed by atoms with Gasteiger partial charge in [-0.25, -0.2) is 23.7 Å². The summed E-state index contributed by atoms with van der Waals surface area (Å²) >= 11 is 0. The lowest BCUT2D eigenvalue weighted by atomic mass is 9.79. The molecule has 4 aromatic rings. The Labute approximate surface area is 209 Å². The Morgan fingerprint density at radius 2 is 1.94 bits per heavy atom. The maximum Gasteiger partial charge on any atom is 0.278 e. The maximum atomic E-state index is 14.6. The lowest BCUT2D eigenvalue weighted by molar-refractivity contribution is 0.435. The van der Waals surface area contributed by atoms with Crippen molar-refractivity contribution in [2.75, 3.05) is 11.9 Å². The van der Waals surface area contributed by atoms with Crippen LogP contribution >= 0.6 is 0 Å². The number of hydrogen-bond acceptors (Lipinski definition) is 6. The topological polar surface area (TPSA) is 89.7 Å². The molecule has 188 valence electrons. The summed E-state index contributed by atoms with van der Waals surface area (Å²) in [6.45, 7) is 14.2. The van der Waals surface area contributed by atoms with E-state index in [2.05, 4.69) is 46.6 Å². The molecule has 0 fully saturated rings. The predicted molar refractivity (Wildman–Crippen MR) is 140 cm³/mol. The average molecular weight is 490 g/mol. The zero-order chi connectivity index (χ0) is 25.8. The molecule has 1 aliphatic heterocycles. The van der Waals surface area contributed by atoms with Crippen LogP contribution in [-0.4, -0.2) is 30.9 Å². The van der Waals surface area contributed by atoms with Crippen molar-refractivity contribution < 1.29 is 4.39 Å². The van der Waals surface area contributed by atoms with Gasteiger partial charge in [0.1, 0.15) is 11.2 Å². The third-order valence-electron chi connectivity index (χ3n) is 6.71. The molecule has 9 heteroatoms. The minimum Gasteiger partial charge on any atom is -0.324 e. The molecule has 0 bridgehead atoms. The van der Waals surface area contributed by atoms with E-state index in [-0.39, 0.29) is 16.8 Å². The van der Waals surface area contributed by atoms with Gasteiger partial charge in [0.05, 0.1) is 5.69 Å². The van der Waals surface area contributed by atoms with Crippen molar-refractivity contribution in [3.05, 3.63) is 69.5 Å². The van der Waals surface area contributed by atoms with Crippen LogP contribution in [0.15, 0.2) is 41.3 Å². The molecule has 0 saturated heterocycles. The third kappa shape index (κ3) is 4.07. The highest BCUT2D eigenvalue weighted by atomic mass is 19.1. The zero-order valence-electron chi connectivity index (χ0n) is 21.6. The molecule has 0 spiro atoms. The second-order valence-corrected chi connectivity index (χ2v) is 11.0. The molecule has 0 saturated carbocycles. The number of benzene rings is 1. The molecule has 0 atom stereocenters. The van der Waals surface area contributed by atoms with Gasteiger partial charge in [0.25, 0.3) is 5.56 Å². The summed E-state index contributed by atoms with van der Waals surface area (Å²) in [6, 6.07) is 9.25. The first-order valence-corrected chi connectivity index (χ1v) is 12.3. The maximum absolute atomic E-state index is 14.6. The molecule has 36 heavy (non-hydrogen) atoms. The zero-order valence-corrected chi connectivity index (χ0v) is 21.6. The standard InChI is InChI=1S/C27H32FN7O/c1-7-34-24(36)18-14-30-25(31-17-8-9-19-16(12-17)13-29-15-27(19,5)6)33-23(18)35(34)21-11-10-20(28)22(32-21)26(2,3)4/h8-12,14,29H,7,13,15H2,1-6H3,(H,30,31,33). The van der Waals surface area contributed by atoms with Crippen molar-refractivity contribution >= 4 is 22.7 Å². The lowest BCUT2D eigenvalue weighted by Gasteiger charge is -2.33. The molecule has 0 unspecified atom stereocenters. The third-order valence-corrected chi connectivity index (χ3v) is 6.71. The fraction of sp³-hybridized carbons (Fsp3) is 0.407. The quantitative estimate of drug-likeness (QED) is 0.437. The van der Waals surface area contributed by atoms with Crippen LogP contribution in [0.5, 0.6) is 0 Å². The van der Waals surface area contributed by atoms with Crippen LogP contribution in [0.1, 0.15) is 58.4 Å². The summed E-state index contributed by atoms with van der Waals surface area (Å²) in [5.74, 6) is 0.419. The fourth-order valence-electron chi connectivity index (χ4n) is 4.89. The summed E-state index contributed by atoms with van der Waals surface area (Å²) < 4.78 is 17.8. The molecule has 2 N–H and O–H groups in total. The lowest BCUT2D eigenvalue weighted by Crippen LogP contribution is -2.38. The van der Waals surface area contributed by atoms with E-state index < -0.39 is 5.41 Å². The molecular formula is C27H32FN7O. The van der Waals surface area contributed by atoms with E-state index in [1.807, 2.05) is 33.8 Å². The van der Waals surface area contributed by atoms with Gasteiger partial charge < -0.3 is 10.6 Å². The Balaban J connectivity index is 1.60. The summed E-state index contributed by atoms with van der Waals surface area (Å²) in [6.07, 6.45) is 1.53. The Morgan fingerprint density at radius 1 is 1.17 bits per heavy atom. The Hall–Kier alpha value is -3.59. The van der Waals surface area contributed by atoms with E-state index in [9.17, 15) is 9.18 Å². The van der Waals surface area contributed by atoms with E-state index >= 15 is 0 Å². The number of pyridine rings is 1. The van der Waals surface area contributed by atoms with Gasteiger partial charge in [0, 0.05) is 42.3 Å². The van der Waals surface area contributed by atoms with Crippen molar-refractivity contribution in [2.24, 2.45) is 0 Å². The van der Waals surface area contributed by atoms with Crippen molar-refractivity contribution in [3.8, 4) is 5.82 Å². The predicted octanol–water partition coefficient (Wildman–Crippen LogP) is 4.56. The first-order chi connectivity index (χ1) is 17.0. The number of rotatable bonds is 4. The largest absolute Gasteiger partial charge is 0.324 e. The van der Waals surface area contributed by atoms with Crippen molar-refractivity contribution in [1.29, 1.82) is 0 Å². The van der Waals surface area contributed by atoms with E-state index in [1.165, 1.54) is 23.4 Å². The van der Waals surface area contributed by atoms with Crippen LogP contribution in [0.25, 0.3) is 16.9 Å². The first kappa shape index (κ1) is 24.1. The molecule has 8 nitrogen and oxygen atoms in total. The normalized spacial score (nSPS) is 15.2. The molecule has 0 aliphatic carbocycles. The average Bonchev–Trinajstić information content (AvgIpc) is 3.09. The Kier molecular flexibility index (Phi) is 5.70. The van der Waals surface area contributed by atoms with E-state index in [1.54, 1.807) is 15.4 Å². The van der Waals surface area contributed by atoms with Crippen LogP contribution in [-0.2, 0) is 23.9 Å². The second kappa shape index (κ2) is 8.51. The molecule has 4 heterocycles. The van der Waals surface area contributed by atoms with Gasteiger partial charge in [-0.1, -0.05) is 40.7 Å². The van der Waals surface area contributed by atoms with E-state index in [0.717, 1.165) is 18.8 Å². The van der Waals surface area contributed by atoms with Crippen molar-refractivity contribution in [1.82, 2.24) is 29.6 Å². The highest BCUT2D eigenvalue weighted by molar-refractivity contribution is 5.77. The Morgan fingerprint density at radius 3 is 2.67 bits per heavy atom. The van der Waals surface area contributed by atoms with Crippen molar-refractivity contribution in [2.45, 2.75) is 65.5 Å². The number of nitrogens with zero attached hydrogens (tertiary/aromatic N) is 5. The number of aromatic nitrogens is 5. The van der Waals surface area contributed by atoms with Crippen LogP contribution in [0.4, 0.5) is 16.0 Å². The molecule has 0 amide bonds. The summed E-state index contributed by atoms with van der Waals surface area (Å²) in [7, 11) is 0. The first-order valence-electron chi connectivity index (χ1n) is 12.3. The van der Waals surface area contributed by atoms with Crippen LogP contribution in [0.2, 0.25) is 0 Å². The molecule has 0 radical (unpaired) electrons. The van der Waals surface area contributed by atoms with Gasteiger partial charge >= 0.3 is 0 Å². The SMILES string of the molecule is CCn1c(=O)c2cnc(Nc3ccc4c(c3)CNCC4(C)C)nc2n1-c1ccc(F)c(C(C)(C)C)n1. The van der Waals surface area contributed by atoms with Gasteiger partial charge in [-0.2, -0.15) is 4.98 Å².